The van der Waals surface area contributed by atoms with Gasteiger partial charge < -0.3 is 20.5 Å². The fraction of sp³-hybridized carbons (Fsp3) is 0.250. The van der Waals surface area contributed by atoms with Crippen LogP contribution in [0, 0.1) is 13.8 Å². The molecule has 0 fully saturated rings. The molecule has 7 heteroatoms. The number of pyridine rings is 1. The summed E-state index contributed by atoms with van der Waals surface area (Å²) in [5.74, 6) is 0.874. The molecule has 0 aliphatic carbocycles. The second-order valence-corrected chi connectivity index (χ2v) is 6.73. The van der Waals surface area contributed by atoms with Gasteiger partial charge in [-0.2, -0.15) is 0 Å². The number of H-pyrrole nitrogens is 1. The maximum absolute atomic E-state index is 11.4. The van der Waals surface area contributed by atoms with E-state index in [1.807, 2.05) is 6.07 Å². The van der Waals surface area contributed by atoms with Crippen molar-refractivity contribution >= 4 is 22.9 Å². The number of hydrogen-bond donors (Lipinski definition) is 3. The predicted octanol–water partition coefficient (Wildman–Crippen LogP) is 2.77. The number of aryl methyl sites for hydroxylation is 2. The molecule has 3 heterocycles. The third-order valence-electron chi connectivity index (χ3n) is 4.80. The fourth-order valence-corrected chi connectivity index (χ4v) is 3.26. The summed E-state index contributed by atoms with van der Waals surface area (Å²) >= 11 is 0. The highest BCUT2D eigenvalue weighted by molar-refractivity contribution is 5.90. The van der Waals surface area contributed by atoms with Crippen molar-refractivity contribution in [2.75, 3.05) is 23.3 Å². The third kappa shape index (κ3) is 3.54. The van der Waals surface area contributed by atoms with Gasteiger partial charge in [-0.25, -0.2) is 9.97 Å². The average molecular weight is 362 g/mol. The standard InChI is InChI=1S/C20H22N6O/c1-13-7-16-18(8-14(13)2)26(20-17(25-16)11-22-12-24-20)6-5-21-10-15-3-4-23-19(27)9-15/h3-4,7-9,11-12,21,25H,5-6,10H2,1-2H3,(H,23,27). The molecule has 0 saturated heterocycles. The van der Waals surface area contributed by atoms with E-state index in [1.165, 1.54) is 11.1 Å². The molecule has 2 aromatic heterocycles. The number of hydrogen-bond acceptors (Lipinski definition) is 6. The molecule has 0 amide bonds. The molecule has 4 rings (SSSR count). The molecule has 0 radical (unpaired) electrons. The van der Waals surface area contributed by atoms with Gasteiger partial charge >= 0.3 is 0 Å². The number of benzene rings is 1. The average Bonchev–Trinajstić information content (AvgIpc) is 2.66. The second-order valence-electron chi connectivity index (χ2n) is 6.73. The van der Waals surface area contributed by atoms with Crippen molar-refractivity contribution in [3.05, 3.63) is 70.0 Å². The lowest BCUT2D eigenvalue weighted by molar-refractivity contribution is 0.683. The van der Waals surface area contributed by atoms with Crippen LogP contribution in [0.1, 0.15) is 16.7 Å². The zero-order valence-corrected chi connectivity index (χ0v) is 15.4. The maximum atomic E-state index is 11.4. The smallest absolute Gasteiger partial charge is 0.248 e. The van der Waals surface area contributed by atoms with E-state index in [2.05, 4.69) is 56.5 Å². The molecule has 1 aliphatic rings. The Kier molecular flexibility index (Phi) is 4.60. The van der Waals surface area contributed by atoms with Gasteiger partial charge in [0.25, 0.3) is 0 Å². The van der Waals surface area contributed by atoms with E-state index < -0.39 is 0 Å². The number of fused-ring (bicyclic) bond motifs is 2. The van der Waals surface area contributed by atoms with Gasteiger partial charge in [-0.05, 0) is 48.7 Å². The van der Waals surface area contributed by atoms with E-state index in [0.29, 0.717) is 6.54 Å². The lowest BCUT2D eigenvalue weighted by Gasteiger charge is -2.33. The zero-order valence-electron chi connectivity index (χ0n) is 15.4. The van der Waals surface area contributed by atoms with Crippen LogP contribution in [-0.4, -0.2) is 28.0 Å². The Labute approximate surface area is 157 Å². The van der Waals surface area contributed by atoms with Crippen LogP contribution in [0.4, 0.5) is 22.9 Å². The summed E-state index contributed by atoms with van der Waals surface area (Å²) in [6, 6.07) is 7.88. The van der Waals surface area contributed by atoms with Crippen LogP contribution < -0.4 is 21.1 Å². The maximum Gasteiger partial charge on any atom is 0.248 e. The summed E-state index contributed by atoms with van der Waals surface area (Å²) < 4.78 is 0. The number of nitrogens with one attached hydrogen (secondary N) is 3. The second kappa shape index (κ2) is 7.20. The molecule has 7 nitrogen and oxygen atoms in total. The van der Waals surface area contributed by atoms with Crippen molar-refractivity contribution in [1.82, 2.24) is 20.3 Å². The normalized spacial score (nSPS) is 12.3. The molecule has 0 spiro atoms. The van der Waals surface area contributed by atoms with Crippen LogP contribution in [0.3, 0.4) is 0 Å². The Morgan fingerprint density at radius 3 is 2.85 bits per heavy atom. The molecule has 3 N–H and O–H groups in total. The van der Waals surface area contributed by atoms with Crippen molar-refractivity contribution in [2.24, 2.45) is 0 Å². The van der Waals surface area contributed by atoms with Gasteiger partial charge in [0.2, 0.25) is 5.56 Å². The van der Waals surface area contributed by atoms with Crippen LogP contribution in [-0.2, 0) is 6.54 Å². The summed E-state index contributed by atoms with van der Waals surface area (Å²) in [4.78, 5) is 24.9. The van der Waals surface area contributed by atoms with Crippen LogP contribution in [0.15, 0.2) is 47.8 Å². The van der Waals surface area contributed by atoms with Crippen molar-refractivity contribution < 1.29 is 0 Å². The Hall–Kier alpha value is -3.19. The van der Waals surface area contributed by atoms with E-state index in [9.17, 15) is 4.79 Å². The summed E-state index contributed by atoms with van der Waals surface area (Å²) in [7, 11) is 0. The first kappa shape index (κ1) is 17.2. The number of aromatic nitrogens is 3. The van der Waals surface area contributed by atoms with Crippen molar-refractivity contribution in [3.8, 4) is 0 Å². The van der Waals surface area contributed by atoms with Gasteiger partial charge in [0.05, 0.1) is 17.6 Å². The molecule has 0 bridgehead atoms. The highest BCUT2D eigenvalue weighted by Gasteiger charge is 2.24. The van der Waals surface area contributed by atoms with Crippen molar-refractivity contribution in [3.63, 3.8) is 0 Å². The largest absolute Gasteiger partial charge is 0.350 e. The monoisotopic (exact) mass is 362 g/mol. The molecule has 1 aliphatic heterocycles. The van der Waals surface area contributed by atoms with E-state index >= 15 is 0 Å². The minimum atomic E-state index is -0.0817. The van der Waals surface area contributed by atoms with Gasteiger partial charge in [-0.1, -0.05) is 0 Å². The number of rotatable bonds is 5. The van der Waals surface area contributed by atoms with Crippen LogP contribution in [0.25, 0.3) is 0 Å². The molecule has 27 heavy (non-hydrogen) atoms. The van der Waals surface area contributed by atoms with Crippen LogP contribution >= 0.6 is 0 Å². The molecule has 3 aromatic rings. The Balaban J connectivity index is 1.53. The van der Waals surface area contributed by atoms with Crippen molar-refractivity contribution in [1.29, 1.82) is 0 Å². The van der Waals surface area contributed by atoms with Gasteiger partial charge in [0.1, 0.15) is 12.0 Å². The molecule has 1 aromatic carbocycles. The SMILES string of the molecule is Cc1cc2c(cc1C)N(CCNCc1cc[nH]c(=O)c1)c1ncncc1N2. The minimum absolute atomic E-state index is 0.0817. The van der Waals surface area contributed by atoms with Gasteiger partial charge in [0.15, 0.2) is 5.82 Å². The number of nitrogens with zero attached hydrogens (tertiary/aromatic N) is 3. The number of aromatic amines is 1. The molecule has 138 valence electrons. The van der Waals surface area contributed by atoms with Gasteiger partial charge in [0, 0.05) is 31.9 Å². The van der Waals surface area contributed by atoms with E-state index in [1.54, 1.807) is 24.8 Å². The van der Waals surface area contributed by atoms with Crippen LogP contribution in [0.5, 0.6) is 0 Å². The zero-order chi connectivity index (χ0) is 18.8. The Bertz CT molecular complexity index is 1030. The van der Waals surface area contributed by atoms with Crippen molar-refractivity contribution in [2.45, 2.75) is 20.4 Å². The molecular weight excluding hydrogens is 340 g/mol. The topological polar surface area (TPSA) is 85.9 Å². The summed E-state index contributed by atoms with van der Waals surface area (Å²) in [6.45, 7) is 6.38. The summed E-state index contributed by atoms with van der Waals surface area (Å²) in [6.07, 6.45) is 5.05. The third-order valence-corrected chi connectivity index (χ3v) is 4.80. The first-order valence-electron chi connectivity index (χ1n) is 8.96. The first-order chi connectivity index (χ1) is 13.1. The van der Waals surface area contributed by atoms with E-state index in [0.717, 1.165) is 41.5 Å². The fourth-order valence-electron chi connectivity index (χ4n) is 3.26. The van der Waals surface area contributed by atoms with Gasteiger partial charge in [-0.15, -0.1) is 0 Å². The lowest BCUT2D eigenvalue weighted by Crippen LogP contribution is -2.32. The Morgan fingerprint density at radius 1 is 1.15 bits per heavy atom. The lowest BCUT2D eigenvalue weighted by atomic mass is 10.0. The van der Waals surface area contributed by atoms with Crippen LogP contribution in [0.2, 0.25) is 0 Å². The number of anilines is 4. The van der Waals surface area contributed by atoms with E-state index in [4.69, 9.17) is 0 Å². The minimum Gasteiger partial charge on any atom is -0.350 e. The quantitative estimate of drug-likeness (QED) is 0.605. The highest BCUT2D eigenvalue weighted by atomic mass is 16.1. The highest BCUT2D eigenvalue weighted by Crippen LogP contribution is 2.42. The predicted molar refractivity (Wildman–Crippen MR) is 107 cm³/mol. The molecule has 0 unspecified atom stereocenters. The summed E-state index contributed by atoms with van der Waals surface area (Å²) in [5, 5.41) is 6.84. The van der Waals surface area contributed by atoms with Gasteiger partial charge in [-0.3, -0.25) is 4.79 Å². The Morgan fingerprint density at radius 2 is 2.00 bits per heavy atom. The molecular formula is C20H22N6O. The summed E-state index contributed by atoms with van der Waals surface area (Å²) in [5.41, 5.74) is 6.46. The first-order valence-corrected chi connectivity index (χ1v) is 8.96. The van der Waals surface area contributed by atoms with E-state index in [-0.39, 0.29) is 5.56 Å². The molecule has 0 saturated carbocycles. The molecule has 0 atom stereocenters.